The van der Waals surface area contributed by atoms with Crippen LogP contribution in [0.2, 0.25) is 0 Å². The topological polar surface area (TPSA) is 78.1 Å². The Bertz CT molecular complexity index is 952. The van der Waals surface area contributed by atoms with Crippen LogP contribution in [0.15, 0.2) is 55.1 Å². The second-order valence-electron chi connectivity index (χ2n) is 4.66. The number of rotatable bonds is 3. The van der Waals surface area contributed by atoms with Gasteiger partial charge in [0.1, 0.15) is 17.9 Å². The summed E-state index contributed by atoms with van der Waals surface area (Å²) in [6, 6.07) is 9.42. The van der Waals surface area contributed by atoms with E-state index in [9.17, 15) is 4.39 Å². The summed E-state index contributed by atoms with van der Waals surface area (Å²) in [5.74, 6) is 0.132. The molecule has 4 rings (SSSR count). The molecule has 0 amide bonds. The van der Waals surface area contributed by atoms with Crippen molar-refractivity contribution < 1.29 is 9.13 Å². The van der Waals surface area contributed by atoms with Gasteiger partial charge in [0, 0.05) is 18.0 Å². The van der Waals surface area contributed by atoms with Crippen LogP contribution in [0.4, 0.5) is 4.39 Å². The molecule has 0 fully saturated rings. The summed E-state index contributed by atoms with van der Waals surface area (Å²) in [5, 5.41) is 12.0. The van der Waals surface area contributed by atoms with Crippen LogP contribution in [0.1, 0.15) is 0 Å². The minimum Gasteiger partial charge on any atom is -0.424 e. The van der Waals surface area contributed by atoms with Crippen LogP contribution in [-0.2, 0) is 0 Å². The van der Waals surface area contributed by atoms with E-state index < -0.39 is 0 Å². The molecule has 8 heteroatoms. The number of nitrogens with zero attached hydrogens (tertiary/aromatic N) is 6. The van der Waals surface area contributed by atoms with Crippen LogP contribution in [0.5, 0.6) is 11.8 Å². The van der Waals surface area contributed by atoms with Crippen molar-refractivity contribution in [3.05, 3.63) is 60.9 Å². The molecule has 0 N–H and O–H groups in total. The molecule has 4 aromatic rings. The van der Waals surface area contributed by atoms with Gasteiger partial charge in [0.15, 0.2) is 5.65 Å². The molecule has 23 heavy (non-hydrogen) atoms. The maximum atomic E-state index is 12.8. The molecule has 7 nitrogen and oxygen atoms in total. The molecule has 3 heterocycles. The zero-order valence-electron chi connectivity index (χ0n) is 11.7. The molecule has 0 aliphatic heterocycles. The third-order valence-electron chi connectivity index (χ3n) is 3.11. The lowest BCUT2D eigenvalue weighted by Gasteiger charge is -2.04. The van der Waals surface area contributed by atoms with E-state index in [2.05, 4.69) is 25.3 Å². The molecule has 112 valence electrons. The highest BCUT2D eigenvalue weighted by Crippen LogP contribution is 2.20. The first-order valence-electron chi connectivity index (χ1n) is 6.71. The maximum Gasteiger partial charge on any atom is 0.321 e. The summed E-state index contributed by atoms with van der Waals surface area (Å²) in [6.45, 7) is 0. The van der Waals surface area contributed by atoms with Crippen molar-refractivity contribution >= 4 is 5.65 Å². The number of hydrogen-bond donors (Lipinski definition) is 0. The molecule has 0 saturated heterocycles. The fourth-order valence-electron chi connectivity index (χ4n) is 1.99. The molecular weight excluding hydrogens is 299 g/mol. The molecule has 0 aliphatic rings. The van der Waals surface area contributed by atoms with Crippen molar-refractivity contribution in [2.45, 2.75) is 0 Å². The summed E-state index contributed by atoms with van der Waals surface area (Å²) in [7, 11) is 0. The van der Waals surface area contributed by atoms with Crippen LogP contribution in [0.3, 0.4) is 0 Å². The van der Waals surface area contributed by atoms with Crippen molar-refractivity contribution in [1.82, 2.24) is 29.8 Å². The van der Waals surface area contributed by atoms with Gasteiger partial charge in [0.2, 0.25) is 0 Å². The number of aromatic nitrogens is 6. The van der Waals surface area contributed by atoms with Crippen LogP contribution in [0, 0.1) is 5.82 Å². The van der Waals surface area contributed by atoms with Gasteiger partial charge < -0.3 is 4.74 Å². The fourth-order valence-corrected chi connectivity index (χ4v) is 1.99. The first-order valence-corrected chi connectivity index (χ1v) is 6.71. The highest BCUT2D eigenvalue weighted by molar-refractivity contribution is 5.58. The van der Waals surface area contributed by atoms with Crippen molar-refractivity contribution in [1.29, 1.82) is 0 Å². The van der Waals surface area contributed by atoms with E-state index in [4.69, 9.17) is 4.74 Å². The molecule has 0 radical (unpaired) electrons. The Kier molecular flexibility index (Phi) is 3.12. The summed E-state index contributed by atoms with van der Waals surface area (Å²) < 4.78 is 19.9. The highest BCUT2D eigenvalue weighted by atomic mass is 19.1. The molecule has 0 unspecified atom stereocenters. The van der Waals surface area contributed by atoms with Gasteiger partial charge in [-0.25, -0.2) is 14.4 Å². The fraction of sp³-hybridized carbons (Fsp3) is 0. The normalized spacial score (nSPS) is 10.8. The van der Waals surface area contributed by atoms with Crippen molar-refractivity contribution in [2.75, 3.05) is 0 Å². The SMILES string of the molecule is Fc1ccc(Oc2ncc(-c3ccc4nncn4n3)cn2)cc1. The second-order valence-corrected chi connectivity index (χ2v) is 4.66. The monoisotopic (exact) mass is 308 g/mol. The zero-order valence-corrected chi connectivity index (χ0v) is 11.7. The van der Waals surface area contributed by atoms with Gasteiger partial charge in [-0.05, 0) is 36.4 Å². The van der Waals surface area contributed by atoms with Gasteiger partial charge in [-0.2, -0.15) is 9.61 Å². The van der Waals surface area contributed by atoms with E-state index in [0.717, 1.165) is 5.56 Å². The quantitative estimate of drug-likeness (QED) is 0.578. The van der Waals surface area contributed by atoms with Crippen molar-refractivity contribution in [3.8, 4) is 23.0 Å². The number of halogens is 1. The smallest absolute Gasteiger partial charge is 0.321 e. The van der Waals surface area contributed by atoms with Gasteiger partial charge in [0.25, 0.3) is 0 Å². The van der Waals surface area contributed by atoms with Crippen molar-refractivity contribution in [3.63, 3.8) is 0 Å². The standard InChI is InChI=1S/C15H9FN6O/c16-11-1-3-12(4-2-11)23-15-17-7-10(8-18-15)13-5-6-14-20-19-9-22(14)21-13/h1-9H. The minimum absolute atomic E-state index is 0.172. The van der Waals surface area contributed by atoms with Crippen LogP contribution in [-0.4, -0.2) is 29.8 Å². The molecular formula is C15H9FN6O. The Labute approximate surface area is 129 Å². The third kappa shape index (κ3) is 2.69. The molecule has 1 aromatic carbocycles. The molecule has 0 bridgehead atoms. The van der Waals surface area contributed by atoms with Gasteiger partial charge in [-0.15, -0.1) is 10.2 Å². The summed E-state index contributed by atoms with van der Waals surface area (Å²) in [6.07, 6.45) is 4.72. The Hall–Kier alpha value is -3.42. The number of hydrogen-bond acceptors (Lipinski definition) is 6. The first kappa shape index (κ1) is 13.3. The van der Waals surface area contributed by atoms with E-state index >= 15 is 0 Å². The van der Waals surface area contributed by atoms with E-state index in [-0.39, 0.29) is 11.8 Å². The number of fused-ring (bicyclic) bond motifs is 1. The average Bonchev–Trinajstić information content (AvgIpc) is 3.05. The Balaban J connectivity index is 1.58. The number of benzene rings is 1. The summed E-state index contributed by atoms with van der Waals surface area (Å²) in [5.41, 5.74) is 2.07. The molecule has 0 spiro atoms. The van der Waals surface area contributed by atoms with Gasteiger partial charge in [0.05, 0.1) is 5.69 Å². The Morgan fingerprint density at radius 1 is 0.957 bits per heavy atom. The van der Waals surface area contributed by atoms with Crippen molar-refractivity contribution in [2.24, 2.45) is 0 Å². The van der Waals surface area contributed by atoms with E-state index in [0.29, 0.717) is 17.1 Å². The first-order chi connectivity index (χ1) is 11.3. The summed E-state index contributed by atoms with van der Waals surface area (Å²) >= 11 is 0. The lowest BCUT2D eigenvalue weighted by atomic mass is 10.2. The molecule has 0 saturated carbocycles. The highest BCUT2D eigenvalue weighted by Gasteiger charge is 2.06. The molecule has 0 atom stereocenters. The van der Waals surface area contributed by atoms with Crippen LogP contribution < -0.4 is 4.74 Å². The Morgan fingerprint density at radius 2 is 1.74 bits per heavy atom. The van der Waals surface area contributed by atoms with Crippen LogP contribution >= 0.6 is 0 Å². The molecule has 3 aromatic heterocycles. The summed E-state index contributed by atoms with van der Waals surface area (Å²) in [4.78, 5) is 8.27. The number of ether oxygens (including phenoxy) is 1. The average molecular weight is 308 g/mol. The van der Waals surface area contributed by atoms with Gasteiger partial charge in [-0.1, -0.05) is 0 Å². The van der Waals surface area contributed by atoms with E-state index in [1.54, 1.807) is 23.0 Å². The zero-order chi connectivity index (χ0) is 15.6. The van der Waals surface area contributed by atoms with E-state index in [1.807, 2.05) is 6.07 Å². The predicted octanol–water partition coefficient (Wildman–Crippen LogP) is 2.51. The van der Waals surface area contributed by atoms with Gasteiger partial charge >= 0.3 is 6.01 Å². The third-order valence-corrected chi connectivity index (χ3v) is 3.11. The lowest BCUT2D eigenvalue weighted by Crippen LogP contribution is -1.96. The lowest BCUT2D eigenvalue weighted by molar-refractivity contribution is 0.440. The van der Waals surface area contributed by atoms with Crippen LogP contribution in [0.25, 0.3) is 16.9 Å². The largest absolute Gasteiger partial charge is 0.424 e. The Morgan fingerprint density at radius 3 is 2.52 bits per heavy atom. The second kappa shape index (κ2) is 5.41. The van der Waals surface area contributed by atoms with Gasteiger partial charge in [-0.3, -0.25) is 0 Å². The predicted molar refractivity (Wildman–Crippen MR) is 78.3 cm³/mol. The molecule has 0 aliphatic carbocycles. The minimum atomic E-state index is -0.330. The van der Waals surface area contributed by atoms with E-state index in [1.165, 1.54) is 30.6 Å². The maximum absolute atomic E-state index is 12.8.